The Hall–Kier alpha value is -1.63. The maximum atomic E-state index is 12.1. The van der Waals surface area contributed by atoms with Crippen LogP contribution in [0.1, 0.15) is 58.3 Å². The van der Waals surface area contributed by atoms with E-state index in [0.29, 0.717) is 18.3 Å². The second-order valence-electron chi connectivity index (χ2n) is 7.57. The topological polar surface area (TPSA) is 98.7 Å². The van der Waals surface area contributed by atoms with Crippen molar-refractivity contribution in [2.45, 2.75) is 64.3 Å². The van der Waals surface area contributed by atoms with Gasteiger partial charge in [-0.25, -0.2) is 4.79 Å². The maximum absolute atomic E-state index is 12.1. The van der Waals surface area contributed by atoms with Crippen LogP contribution in [0.4, 0.5) is 4.79 Å². The van der Waals surface area contributed by atoms with Crippen molar-refractivity contribution >= 4 is 17.9 Å². The maximum Gasteiger partial charge on any atom is 0.321 e. The summed E-state index contributed by atoms with van der Waals surface area (Å²) in [6.07, 6.45) is 7.20. The molecule has 0 aromatic heterocycles. The number of carboxylic acid groups (broad SMARTS) is 1. The molecule has 0 aromatic rings. The van der Waals surface area contributed by atoms with E-state index in [1.807, 2.05) is 4.90 Å². The van der Waals surface area contributed by atoms with E-state index >= 15 is 0 Å². The third-order valence-corrected chi connectivity index (χ3v) is 5.42. The van der Waals surface area contributed by atoms with Gasteiger partial charge in [0.2, 0.25) is 5.91 Å². The third kappa shape index (κ3) is 7.02. The van der Waals surface area contributed by atoms with E-state index in [9.17, 15) is 14.4 Å². The number of nitrogens with one attached hydrogen (secondary N) is 2. The third-order valence-electron chi connectivity index (χ3n) is 5.42. The number of likely N-dealkylation sites (tertiary alicyclic amines) is 1. The van der Waals surface area contributed by atoms with Gasteiger partial charge in [0.1, 0.15) is 0 Å². The number of nitrogens with zero attached hydrogens (tertiary/aromatic N) is 1. The van der Waals surface area contributed by atoms with Crippen LogP contribution in [0, 0.1) is 11.8 Å². The van der Waals surface area contributed by atoms with Gasteiger partial charge in [-0.05, 0) is 50.5 Å². The molecule has 0 spiro atoms. The molecule has 1 aliphatic heterocycles. The quantitative estimate of drug-likeness (QED) is 0.678. The number of imide groups is 1. The van der Waals surface area contributed by atoms with Gasteiger partial charge in [-0.2, -0.15) is 0 Å². The van der Waals surface area contributed by atoms with Crippen LogP contribution in [0.5, 0.6) is 0 Å². The number of hydrogen-bond donors (Lipinski definition) is 3. The summed E-state index contributed by atoms with van der Waals surface area (Å²) < 4.78 is 0. The minimum Gasteiger partial charge on any atom is -0.481 e. The molecule has 3 amide bonds. The first kappa shape index (κ1) is 19.7. The summed E-state index contributed by atoms with van der Waals surface area (Å²) in [6, 6.07) is -0.250. The molecular formula is C18H31N3O4. The molecule has 2 aliphatic rings. The molecule has 3 N–H and O–H groups in total. The van der Waals surface area contributed by atoms with E-state index in [-0.39, 0.29) is 24.9 Å². The van der Waals surface area contributed by atoms with Crippen molar-refractivity contribution < 1.29 is 19.5 Å². The molecule has 3 atom stereocenters. The van der Waals surface area contributed by atoms with Crippen molar-refractivity contribution in [2.75, 3.05) is 19.6 Å². The number of piperidine rings is 1. The highest BCUT2D eigenvalue weighted by atomic mass is 16.4. The van der Waals surface area contributed by atoms with Crippen LogP contribution in [0.15, 0.2) is 0 Å². The Kier molecular flexibility index (Phi) is 7.68. The van der Waals surface area contributed by atoms with Crippen molar-refractivity contribution in [2.24, 2.45) is 11.8 Å². The predicted octanol–water partition coefficient (Wildman–Crippen LogP) is 1.97. The van der Waals surface area contributed by atoms with E-state index in [2.05, 4.69) is 17.6 Å². The Morgan fingerprint density at radius 2 is 1.88 bits per heavy atom. The highest BCUT2D eigenvalue weighted by molar-refractivity contribution is 5.95. The normalized spacial score (nSPS) is 27.5. The smallest absolute Gasteiger partial charge is 0.321 e. The average molecular weight is 353 g/mol. The Balaban J connectivity index is 1.69. The van der Waals surface area contributed by atoms with Crippen molar-refractivity contribution in [3.63, 3.8) is 0 Å². The number of carbonyl (C=O) groups excluding carboxylic acids is 2. The molecule has 3 unspecified atom stereocenters. The van der Waals surface area contributed by atoms with Crippen LogP contribution in [-0.4, -0.2) is 53.6 Å². The Morgan fingerprint density at radius 3 is 2.60 bits per heavy atom. The Bertz CT molecular complexity index is 483. The summed E-state index contributed by atoms with van der Waals surface area (Å²) in [6.45, 7) is 3.87. The molecule has 142 valence electrons. The lowest BCUT2D eigenvalue weighted by atomic mass is 9.86. The molecule has 1 aliphatic carbocycles. The summed E-state index contributed by atoms with van der Waals surface area (Å²) in [5.41, 5.74) is 0. The number of urea groups is 1. The van der Waals surface area contributed by atoms with Gasteiger partial charge < -0.3 is 10.4 Å². The standard InChI is InChI=1S/C18H31N3O4/c1-13-5-2-3-7-15(13)19-18(25)20-16(22)12-21-10-4-6-14(11-21)8-9-17(23)24/h13-15H,2-12H2,1H3,(H,23,24)(H2,19,20,22,25). The fourth-order valence-corrected chi connectivity index (χ4v) is 3.96. The summed E-state index contributed by atoms with van der Waals surface area (Å²) in [7, 11) is 0. The van der Waals surface area contributed by atoms with Crippen molar-refractivity contribution in [3.05, 3.63) is 0 Å². The van der Waals surface area contributed by atoms with Gasteiger partial charge in [0.15, 0.2) is 0 Å². The minimum atomic E-state index is -0.775. The number of carboxylic acids is 1. The van der Waals surface area contributed by atoms with Crippen molar-refractivity contribution in [3.8, 4) is 0 Å². The summed E-state index contributed by atoms with van der Waals surface area (Å²) in [4.78, 5) is 36.8. The monoisotopic (exact) mass is 353 g/mol. The number of carbonyl (C=O) groups is 3. The number of hydrogen-bond acceptors (Lipinski definition) is 4. The molecule has 1 saturated carbocycles. The molecule has 0 aromatic carbocycles. The lowest BCUT2D eigenvalue weighted by Gasteiger charge is -2.32. The second-order valence-corrected chi connectivity index (χ2v) is 7.57. The minimum absolute atomic E-state index is 0.150. The zero-order chi connectivity index (χ0) is 18.2. The van der Waals surface area contributed by atoms with Gasteiger partial charge in [-0.1, -0.05) is 19.8 Å². The number of aliphatic carboxylic acids is 1. The molecule has 7 heteroatoms. The fraction of sp³-hybridized carbons (Fsp3) is 0.833. The van der Waals surface area contributed by atoms with Crippen molar-refractivity contribution in [1.29, 1.82) is 0 Å². The van der Waals surface area contributed by atoms with Crippen LogP contribution in [-0.2, 0) is 9.59 Å². The molecule has 2 fully saturated rings. The number of amides is 3. The summed E-state index contributed by atoms with van der Waals surface area (Å²) >= 11 is 0. The predicted molar refractivity (Wildman–Crippen MR) is 94.1 cm³/mol. The van der Waals surface area contributed by atoms with Crippen LogP contribution < -0.4 is 10.6 Å². The summed E-state index contributed by atoms with van der Waals surface area (Å²) in [5.74, 6) is -0.301. The first-order valence-corrected chi connectivity index (χ1v) is 9.48. The molecule has 7 nitrogen and oxygen atoms in total. The lowest BCUT2D eigenvalue weighted by Crippen LogP contribution is -2.50. The first-order valence-electron chi connectivity index (χ1n) is 9.48. The van der Waals surface area contributed by atoms with Crippen LogP contribution in [0.25, 0.3) is 0 Å². The van der Waals surface area contributed by atoms with Gasteiger partial charge in [0.25, 0.3) is 0 Å². The Labute approximate surface area is 149 Å². The Morgan fingerprint density at radius 1 is 1.12 bits per heavy atom. The van der Waals surface area contributed by atoms with Gasteiger partial charge in [0.05, 0.1) is 6.54 Å². The van der Waals surface area contributed by atoms with E-state index in [4.69, 9.17) is 5.11 Å². The number of rotatable bonds is 6. The fourth-order valence-electron chi connectivity index (χ4n) is 3.96. The highest BCUT2D eigenvalue weighted by Gasteiger charge is 2.25. The van der Waals surface area contributed by atoms with Crippen LogP contribution >= 0.6 is 0 Å². The zero-order valence-electron chi connectivity index (χ0n) is 15.1. The lowest BCUT2D eigenvalue weighted by molar-refractivity contribution is -0.137. The van der Waals surface area contributed by atoms with Crippen LogP contribution in [0.2, 0.25) is 0 Å². The molecule has 0 bridgehead atoms. The van der Waals surface area contributed by atoms with E-state index in [0.717, 1.165) is 45.2 Å². The van der Waals surface area contributed by atoms with Gasteiger partial charge in [0, 0.05) is 19.0 Å². The van der Waals surface area contributed by atoms with Crippen LogP contribution in [0.3, 0.4) is 0 Å². The molecule has 1 saturated heterocycles. The van der Waals surface area contributed by atoms with E-state index < -0.39 is 12.0 Å². The molecule has 25 heavy (non-hydrogen) atoms. The zero-order valence-corrected chi connectivity index (χ0v) is 15.1. The molecule has 0 radical (unpaired) electrons. The van der Waals surface area contributed by atoms with Gasteiger partial charge >= 0.3 is 12.0 Å². The summed E-state index contributed by atoms with van der Waals surface area (Å²) in [5, 5.41) is 14.1. The first-order chi connectivity index (χ1) is 11.9. The molecule has 2 rings (SSSR count). The second kappa shape index (κ2) is 9.75. The molecule has 1 heterocycles. The highest BCUT2D eigenvalue weighted by Crippen LogP contribution is 2.23. The molecular weight excluding hydrogens is 322 g/mol. The van der Waals surface area contributed by atoms with E-state index in [1.54, 1.807) is 0 Å². The van der Waals surface area contributed by atoms with E-state index in [1.165, 1.54) is 6.42 Å². The largest absolute Gasteiger partial charge is 0.481 e. The van der Waals surface area contributed by atoms with Gasteiger partial charge in [-0.15, -0.1) is 0 Å². The average Bonchev–Trinajstić information content (AvgIpc) is 2.55. The van der Waals surface area contributed by atoms with Crippen molar-refractivity contribution in [1.82, 2.24) is 15.5 Å². The van der Waals surface area contributed by atoms with Gasteiger partial charge in [-0.3, -0.25) is 19.8 Å². The SMILES string of the molecule is CC1CCCCC1NC(=O)NC(=O)CN1CCCC(CCC(=O)O)C1.